The van der Waals surface area contributed by atoms with Crippen LogP contribution in [0.2, 0.25) is 0 Å². The van der Waals surface area contributed by atoms with Crippen LogP contribution in [0.25, 0.3) is 11.7 Å². The minimum Gasteiger partial charge on any atom is -0.459 e. The summed E-state index contributed by atoms with van der Waals surface area (Å²) in [5, 5.41) is 11.1. The minimum absolute atomic E-state index is 0.125. The van der Waals surface area contributed by atoms with Gasteiger partial charge in [0.1, 0.15) is 0 Å². The molecule has 0 unspecified atom stereocenters. The third-order valence-corrected chi connectivity index (χ3v) is 4.75. The fourth-order valence-corrected chi connectivity index (χ4v) is 3.28. The van der Waals surface area contributed by atoms with Crippen LogP contribution in [0, 0.1) is 0 Å². The third kappa shape index (κ3) is 5.46. The summed E-state index contributed by atoms with van der Waals surface area (Å²) in [6, 6.07) is 20.6. The van der Waals surface area contributed by atoms with Crippen molar-refractivity contribution in [2.24, 2.45) is 0 Å². The second kappa shape index (κ2) is 9.86. The molecule has 0 spiro atoms. The molecule has 4 aromatic rings. The second-order valence-corrected chi connectivity index (χ2v) is 7.21. The maximum atomic E-state index is 12.4. The van der Waals surface area contributed by atoms with E-state index in [2.05, 4.69) is 27.3 Å². The van der Waals surface area contributed by atoms with Gasteiger partial charge in [0, 0.05) is 17.8 Å². The molecule has 7 nitrogen and oxygen atoms in total. The van der Waals surface area contributed by atoms with E-state index in [0.717, 1.165) is 24.2 Å². The van der Waals surface area contributed by atoms with Crippen LogP contribution in [0.1, 0.15) is 35.2 Å². The van der Waals surface area contributed by atoms with Gasteiger partial charge in [-0.15, -0.1) is 10.2 Å². The molecule has 0 saturated heterocycles. The lowest BCUT2D eigenvalue weighted by Crippen LogP contribution is -2.24. The highest BCUT2D eigenvalue weighted by Gasteiger charge is 2.15. The molecule has 0 radical (unpaired) electrons. The predicted molar refractivity (Wildman–Crippen MR) is 117 cm³/mol. The lowest BCUT2D eigenvalue weighted by molar-refractivity contribution is 0.102. The van der Waals surface area contributed by atoms with Gasteiger partial charge < -0.3 is 14.2 Å². The van der Waals surface area contributed by atoms with E-state index in [1.807, 2.05) is 54.6 Å². The lowest BCUT2D eigenvalue weighted by Gasteiger charge is -2.20. The van der Waals surface area contributed by atoms with Gasteiger partial charge >= 0.3 is 0 Å². The molecule has 2 aromatic carbocycles. The van der Waals surface area contributed by atoms with Crippen LogP contribution in [0.4, 0.5) is 5.69 Å². The molecule has 1 N–H and O–H groups in total. The molecule has 0 bridgehead atoms. The number of rotatable bonds is 9. The van der Waals surface area contributed by atoms with Gasteiger partial charge in [-0.3, -0.25) is 9.69 Å². The van der Waals surface area contributed by atoms with Crippen LogP contribution in [0.5, 0.6) is 0 Å². The van der Waals surface area contributed by atoms with Gasteiger partial charge in [-0.25, -0.2) is 0 Å². The zero-order valence-electron chi connectivity index (χ0n) is 17.3. The number of nitrogens with one attached hydrogen (secondary N) is 1. The molecule has 0 saturated carbocycles. The Morgan fingerprint density at radius 1 is 0.968 bits per heavy atom. The van der Waals surface area contributed by atoms with Crippen LogP contribution >= 0.6 is 0 Å². The fourth-order valence-electron chi connectivity index (χ4n) is 3.28. The highest BCUT2D eigenvalue weighted by molar-refractivity contribution is 6.04. The average Bonchev–Trinajstić information content (AvgIpc) is 3.47. The average molecular weight is 416 g/mol. The molecule has 2 heterocycles. The van der Waals surface area contributed by atoms with E-state index in [1.54, 1.807) is 18.4 Å². The van der Waals surface area contributed by atoms with E-state index >= 15 is 0 Å². The normalized spacial score (nSPS) is 11.0. The molecule has 0 fully saturated rings. The molecular weight excluding hydrogens is 392 g/mol. The third-order valence-electron chi connectivity index (χ3n) is 4.75. The number of furan rings is 1. The number of aromatic nitrogens is 2. The van der Waals surface area contributed by atoms with Crippen molar-refractivity contribution in [3.63, 3.8) is 0 Å². The minimum atomic E-state index is -0.125. The summed E-state index contributed by atoms with van der Waals surface area (Å²) in [6.45, 7) is 4.27. The summed E-state index contributed by atoms with van der Waals surface area (Å²) < 4.78 is 11.0. The van der Waals surface area contributed by atoms with Crippen LogP contribution in [0.15, 0.2) is 81.8 Å². The predicted octanol–water partition coefficient (Wildman–Crippen LogP) is 4.99. The highest BCUT2D eigenvalue weighted by atomic mass is 16.4. The molecule has 31 heavy (non-hydrogen) atoms. The molecule has 158 valence electrons. The summed E-state index contributed by atoms with van der Waals surface area (Å²) in [4.78, 5) is 14.7. The molecule has 1 amide bonds. The van der Waals surface area contributed by atoms with Crippen molar-refractivity contribution < 1.29 is 13.6 Å². The van der Waals surface area contributed by atoms with E-state index in [1.165, 1.54) is 0 Å². The van der Waals surface area contributed by atoms with Crippen molar-refractivity contribution in [1.29, 1.82) is 0 Å². The van der Waals surface area contributed by atoms with Gasteiger partial charge in [0.25, 0.3) is 11.8 Å². The Morgan fingerprint density at radius 2 is 1.77 bits per heavy atom. The van der Waals surface area contributed by atoms with Crippen LogP contribution < -0.4 is 5.32 Å². The molecule has 0 atom stereocenters. The monoisotopic (exact) mass is 416 g/mol. The molecular formula is C24H24N4O3. The molecule has 4 rings (SSSR count). The molecule has 0 aliphatic carbocycles. The molecule has 0 aliphatic heterocycles. The maximum absolute atomic E-state index is 12.4. The van der Waals surface area contributed by atoms with Crippen molar-refractivity contribution in [1.82, 2.24) is 15.1 Å². The van der Waals surface area contributed by atoms with E-state index in [9.17, 15) is 4.79 Å². The number of carbonyl (C=O) groups is 1. The Balaban J connectivity index is 1.38. The molecule has 7 heteroatoms. The van der Waals surface area contributed by atoms with Crippen molar-refractivity contribution in [2.75, 3.05) is 11.9 Å². The van der Waals surface area contributed by atoms with E-state index in [4.69, 9.17) is 8.83 Å². The van der Waals surface area contributed by atoms with Gasteiger partial charge in [0.2, 0.25) is 5.89 Å². The smallest absolute Gasteiger partial charge is 0.283 e. The van der Waals surface area contributed by atoms with Gasteiger partial charge in [0.05, 0.1) is 12.8 Å². The fraction of sp³-hybridized carbons (Fsp3) is 0.208. The first-order valence-electron chi connectivity index (χ1n) is 10.2. The second-order valence-electron chi connectivity index (χ2n) is 7.21. The van der Waals surface area contributed by atoms with Crippen molar-refractivity contribution in [3.8, 4) is 11.7 Å². The first-order chi connectivity index (χ1) is 15.2. The first kappa shape index (κ1) is 20.6. The van der Waals surface area contributed by atoms with Gasteiger partial charge in [-0.05, 0) is 54.9 Å². The quantitative estimate of drug-likeness (QED) is 0.414. The highest BCUT2D eigenvalue weighted by Crippen LogP contribution is 2.19. The standard InChI is InChI=1S/C24H24N4O3/c1-2-14-28(17-22-26-27-24(31-22)21-9-6-15-30-21)16-18-10-12-19(13-11-18)23(29)25-20-7-4-3-5-8-20/h3-13,15H,2,14,16-17H2,1H3,(H,25,29). The van der Waals surface area contributed by atoms with Crippen molar-refractivity contribution in [2.45, 2.75) is 26.4 Å². The Kier molecular flexibility index (Phi) is 6.54. The van der Waals surface area contributed by atoms with Gasteiger partial charge in [-0.2, -0.15) is 0 Å². The summed E-state index contributed by atoms with van der Waals surface area (Å²) >= 11 is 0. The number of hydrogen-bond acceptors (Lipinski definition) is 6. The largest absolute Gasteiger partial charge is 0.459 e. The number of para-hydroxylation sites is 1. The number of amides is 1. The molecule has 2 aromatic heterocycles. The van der Waals surface area contributed by atoms with Crippen LogP contribution in [0.3, 0.4) is 0 Å². The van der Waals surface area contributed by atoms with Crippen molar-refractivity contribution >= 4 is 11.6 Å². The summed E-state index contributed by atoms with van der Waals surface area (Å²) in [6.07, 6.45) is 2.57. The van der Waals surface area contributed by atoms with Crippen LogP contribution in [-0.2, 0) is 13.1 Å². The van der Waals surface area contributed by atoms with E-state index < -0.39 is 0 Å². The number of nitrogens with zero attached hydrogens (tertiary/aromatic N) is 3. The number of carbonyl (C=O) groups excluding carboxylic acids is 1. The first-order valence-corrected chi connectivity index (χ1v) is 10.2. The Labute approximate surface area is 180 Å². The zero-order chi connectivity index (χ0) is 21.5. The SMILES string of the molecule is CCCN(Cc1ccc(C(=O)Nc2ccccc2)cc1)Cc1nnc(-c2ccco2)o1. The summed E-state index contributed by atoms with van der Waals surface area (Å²) in [7, 11) is 0. The zero-order valence-corrected chi connectivity index (χ0v) is 17.3. The van der Waals surface area contributed by atoms with Gasteiger partial charge in [-0.1, -0.05) is 37.3 Å². The number of anilines is 1. The number of hydrogen-bond donors (Lipinski definition) is 1. The van der Waals surface area contributed by atoms with E-state index in [-0.39, 0.29) is 5.91 Å². The lowest BCUT2D eigenvalue weighted by atomic mass is 10.1. The summed E-state index contributed by atoms with van der Waals surface area (Å²) in [5.74, 6) is 1.36. The topological polar surface area (TPSA) is 84.4 Å². The Morgan fingerprint density at radius 3 is 2.48 bits per heavy atom. The van der Waals surface area contributed by atoms with Crippen LogP contribution in [-0.4, -0.2) is 27.5 Å². The maximum Gasteiger partial charge on any atom is 0.283 e. The number of benzene rings is 2. The van der Waals surface area contributed by atoms with Crippen molar-refractivity contribution in [3.05, 3.63) is 90.0 Å². The Bertz CT molecular complexity index is 1090. The van der Waals surface area contributed by atoms with Gasteiger partial charge in [0.15, 0.2) is 5.76 Å². The Hall–Kier alpha value is -3.71. The molecule has 0 aliphatic rings. The van der Waals surface area contributed by atoms with E-state index in [0.29, 0.717) is 36.2 Å². The summed E-state index contributed by atoms with van der Waals surface area (Å²) in [5.41, 5.74) is 2.50.